The van der Waals surface area contributed by atoms with E-state index in [4.69, 9.17) is 4.42 Å². The van der Waals surface area contributed by atoms with Gasteiger partial charge in [-0.1, -0.05) is 6.42 Å². The van der Waals surface area contributed by atoms with E-state index in [2.05, 4.69) is 20.5 Å². The van der Waals surface area contributed by atoms with E-state index in [1.54, 1.807) is 5.51 Å². The molecule has 0 aliphatic heterocycles. The fourth-order valence-corrected chi connectivity index (χ4v) is 3.75. The molecule has 7 heteroatoms. The highest BCUT2D eigenvalue weighted by molar-refractivity contribution is 7.07. The largest absolute Gasteiger partial charge is 0.411 e. The molecule has 2 saturated carbocycles. The van der Waals surface area contributed by atoms with Crippen LogP contribution in [0.25, 0.3) is 11.6 Å². The molecule has 2 aromatic heterocycles. The van der Waals surface area contributed by atoms with Gasteiger partial charge in [0.05, 0.1) is 5.51 Å². The van der Waals surface area contributed by atoms with Crippen LogP contribution in [0.5, 0.6) is 0 Å². The lowest BCUT2D eigenvalue weighted by Gasteiger charge is -2.11. The molecule has 2 atom stereocenters. The molecule has 6 nitrogen and oxygen atoms in total. The predicted octanol–water partition coefficient (Wildman–Crippen LogP) is 2.11. The summed E-state index contributed by atoms with van der Waals surface area (Å²) in [6, 6.07) is 0. The van der Waals surface area contributed by atoms with Crippen LogP contribution in [0.15, 0.2) is 15.3 Å². The van der Waals surface area contributed by atoms with Crippen LogP contribution in [0.1, 0.15) is 36.4 Å². The number of nitrogens with one attached hydrogen (secondary N) is 1. The molecule has 2 heterocycles. The summed E-state index contributed by atoms with van der Waals surface area (Å²) in [5, 5.41) is 12.4. The molecule has 4 rings (SSSR count). The van der Waals surface area contributed by atoms with E-state index < -0.39 is 0 Å². The summed E-state index contributed by atoms with van der Waals surface area (Å²) in [6.45, 7) is 0.727. The Morgan fingerprint density at radius 2 is 2.50 bits per heavy atom. The zero-order valence-corrected chi connectivity index (χ0v) is 11.7. The van der Waals surface area contributed by atoms with Crippen molar-refractivity contribution in [2.75, 3.05) is 6.54 Å². The molecule has 2 aromatic rings. The van der Waals surface area contributed by atoms with Crippen LogP contribution in [-0.2, 0) is 0 Å². The number of aromatic nitrogens is 3. The van der Waals surface area contributed by atoms with Gasteiger partial charge in [-0.3, -0.25) is 4.79 Å². The van der Waals surface area contributed by atoms with Crippen LogP contribution < -0.4 is 5.32 Å². The molecule has 0 unspecified atom stereocenters. The smallest absolute Gasteiger partial charge is 0.308 e. The normalized spacial score (nSPS) is 27.3. The molecule has 0 saturated heterocycles. The van der Waals surface area contributed by atoms with Crippen molar-refractivity contribution in [1.29, 1.82) is 0 Å². The van der Waals surface area contributed by atoms with E-state index in [-0.39, 0.29) is 11.8 Å². The van der Waals surface area contributed by atoms with Crippen molar-refractivity contribution < 1.29 is 9.21 Å². The number of hydrogen-bond acceptors (Lipinski definition) is 6. The van der Waals surface area contributed by atoms with E-state index >= 15 is 0 Å². The minimum atomic E-state index is -0.286. The zero-order valence-electron chi connectivity index (χ0n) is 10.8. The Morgan fingerprint density at radius 1 is 1.55 bits per heavy atom. The van der Waals surface area contributed by atoms with E-state index in [1.807, 2.05) is 5.38 Å². The van der Waals surface area contributed by atoms with Gasteiger partial charge in [-0.05, 0) is 30.6 Å². The van der Waals surface area contributed by atoms with Crippen molar-refractivity contribution in [3.8, 4) is 11.6 Å². The molecule has 0 bridgehead atoms. The van der Waals surface area contributed by atoms with Gasteiger partial charge < -0.3 is 9.73 Å². The lowest BCUT2D eigenvalue weighted by Crippen LogP contribution is -2.30. The third-order valence-electron chi connectivity index (χ3n) is 4.46. The summed E-state index contributed by atoms with van der Waals surface area (Å²) < 4.78 is 5.36. The molecule has 1 amide bonds. The Morgan fingerprint density at radius 3 is 3.20 bits per heavy atom. The quantitative estimate of drug-likeness (QED) is 0.932. The molecule has 0 aromatic carbocycles. The van der Waals surface area contributed by atoms with Crippen molar-refractivity contribution in [2.45, 2.75) is 25.7 Å². The first-order chi connectivity index (χ1) is 9.77. The molecule has 20 heavy (non-hydrogen) atoms. The van der Waals surface area contributed by atoms with Gasteiger partial charge in [0.15, 0.2) is 0 Å². The number of amides is 1. The Balaban J connectivity index is 1.41. The molecule has 0 spiro atoms. The number of hydrogen-bond donors (Lipinski definition) is 1. The highest BCUT2D eigenvalue weighted by atomic mass is 32.1. The highest BCUT2D eigenvalue weighted by Crippen LogP contribution is 2.63. The average molecular weight is 290 g/mol. The van der Waals surface area contributed by atoms with E-state index in [1.165, 1.54) is 37.0 Å². The van der Waals surface area contributed by atoms with Crippen molar-refractivity contribution in [3.63, 3.8) is 0 Å². The summed E-state index contributed by atoms with van der Waals surface area (Å²) in [7, 11) is 0. The maximum atomic E-state index is 12.0. The number of rotatable bonds is 4. The molecule has 2 aliphatic carbocycles. The second-order valence-corrected chi connectivity index (χ2v) is 6.34. The van der Waals surface area contributed by atoms with E-state index in [0.717, 1.165) is 12.5 Å². The van der Waals surface area contributed by atoms with E-state index in [9.17, 15) is 4.79 Å². The first-order valence-corrected chi connectivity index (χ1v) is 7.71. The second kappa shape index (κ2) is 4.37. The first kappa shape index (κ1) is 12.0. The number of thiazole rings is 1. The van der Waals surface area contributed by atoms with Crippen LogP contribution in [0, 0.1) is 11.3 Å². The maximum Gasteiger partial charge on any atom is 0.308 e. The van der Waals surface area contributed by atoms with Crippen LogP contribution in [0.2, 0.25) is 0 Å². The van der Waals surface area contributed by atoms with Gasteiger partial charge in [0.25, 0.3) is 5.89 Å². The molecule has 0 radical (unpaired) electrons. The van der Waals surface area contributed by atoms with Gasteiger partial charge in [-0.2, -0.15) is 0 Å². The lowest BCUT2D eigenvalue weighted by molar-refractivity contribution is 0.0910. The fourth-order valence-electron chi connectivity index (χ4n) is 3.22. The summed E-state index contributed by atoms with van der Waals surface area (Å²) in [6.07, 6.45) is 5.08. The van der Waals surface area contributed by atoms with Crippen molar-refractivity contribution in [2.24, 2.45) is 11.3 Å². The summed E-state index contributed by atoms with van der Waals surface area (Å²) in [5.74, 6) is 0.835. The molecule has 2 fully saturated rings. The number of carbonyl (C=O) groups excluding carboxylic acids is 1. The van der Waals surface area contributed by atoms with Crippen molar-refractivity contribution in [1.82, 2.24) is 20.5 Å². The third-order valence-corrected chi connectivity index (χ3v) is 5.04. The fraction of sp³-hybridized carbons (Fsp3) is 0.538. The van der Waals surface area contributed by atoms with Crippen LogP contribution in [0.4, 0.5) is 0 Å². The van der Waals surface area contributed by atoms with Gasteiger partial charge in [-0.25, -0.2) is 4.98 Å². The van der Waals surface area contributed by atoms with E-state index in [0.29, 0.717) is 17.0 Å². The van der Waals surface area contributed by atoms with Crippen LogP contribution in [-0.4, -0.2) is 27.6 Å². The maximum absolute atomic E-state index is 12.0. The topological polar surface area (TPSA) is 80.9 Å². The minimum Gasteiger partial charge on any atom is -0.411 e. The SMILES string of the molecule is O=C(NC[C@@]12CCC[C@@H]1C2)c1nnc(-c2cscn2)o1. The summed E-state index contributed by atoms with van der Waals surface area (Å²) in [4.78, 5) is 16.1. The van der Waals surface area contributed by atoms with Gasteiger partial charge in [-0.15, -0.1) is 21.5 Å². The monoisotopic (exact) mass is 290 g/mol. The Hall–Kier alpha value is -1.76. The Labute approximate surface area is 119 Å². The number of carbonyl (C=O) groups is 1. The van der Waals surface area contributed by atoms with Gasteiger partial charge in [0.2, 0.25) is 0 Å². The Kier molecular flexibility index (Phi) is 2.63. The number of fused-ring (bicyclic) bond motifs is 1. The minimum absolute atomic E-state index is 0.0135. The predicted molar refractivity (Wildman–Crippen MR) is 72.1 cm³/mol. The molecule has 104 valence electrons. The summed E-state index contributed by atoms with van der Waals surface area (Å²) >= 11 is 1.44. The highest BCUT2D eigenvalue weighted by Gasteiger charge is 2.56. The lowest BCUT2D eigenvalue weighted by atomic mass is 10.0. The van der Waals surface area contributed by atoms with Crippen LogP contribution in [0.3, 0.4) is 0 Å². The molecular formula is C13H14N4O2S. The third kappa shape index (κ3) is 1.93. The second-order valence-electron chi connectivity index (χ2n) is 5.62. The van der Waals surface area contributed by atoms with Crippen molar-refractivity contribution in [3.05, 3.63) is 16.8 Å². The molecular weight excluding hydrogens is 276 g/mol. The zero-order chi connectivity index (χ0) is 13.6. The molecule has 2 aliphatic rings. The number of nitrogens with zero attached hydrogens (tertiary/aromatic N) is 3. The van der Waals surface area contributed by atoms with Crippen molar-refractivity contribution >= 4 is 17.2 Å². The van der Waals surface area contributed by atoms with Gasteiger partial charge in [0, 0.05) is 11.9 Å². The summed E-state index contributed by atoms with van der Waals surface area (Å²) in [5.41, 5.74) is 2.66. The standard InChI is InChI=1S/C13H14N4O2S/c18-10(14-6-13-3-1-2-8(13)4-13)12-17-16-11(19-12)9-5-20-7-15-9/h5,7-8H,1-4,6H2,(H,14,18)/t8-,13+/m1/s1. The van der Waals surface area contributed by atoms with Crippen LogP contribution >= 0.6 is 11.3 Å². The van der Waals surface area contributed by atoms with Gasteiger partial charge in [0.1, 0.15) is 5.69 Å². The Bertz CT molecular complexity index is 639. The van der Waals surface area contributed by atoms with Gasteiger partial charge >= 0.3 is 11.8 Å². The average Bonchev–Trinajstić information content (AvgIpc) is 3.00. The first-order valence-electron chi connectivity index (χ1n) is 6.77. The molecule has 1 N–H and O–H groups in total.